The molecule has 0 bridgehead atoms. The number of furan rings is 1. The van der Waals surface area contributed by atoms with Gasteiger partial charge in [0.2, 0.25) is 0 Å². The standard InChI is InChI=1S/C22H31N5O/c1-18(2)16-25-22(24-12-8-21-7-5-15-28-21)26-19-9-13-27(14-10-19)17-20-6-3-4-11-23-20/h3-7,11,15,19H,1,8-10,12-14,16-17H2,2H3,(H2,24,25,26). The molecule has 3 heterocycles. The molecule has 1 aliphatic heterocycles. The molecule has 28 heavy (non-hydrogen) atoms. The van der Waals surface area contributed by atoms with E-state index in [0.717, 1.165) is 68.4 Å². The molecule has 1 aliphatic rings. The molecule has 0 unspecified atom stereocenters. The molecule has 0 radical (unpaired) electrons. The number of aromatic nitrogens is 1. The third-order valence-corrected chi connectivity index (χ3v) is 4.79. The van der Waals surface area contributed by atoms with Crippen LogP contribution in [-0.4, -0.2) is 48.1 Å². The first kappa shape index (κ1) is 20.1. The molecule has 0 spiro atoms. The summed E-state index contributed by atoms with van der Waals surface area (Å²) in [5.74, 6) is 1.84. The minimum absolute atomic E-state index is 0.431. The van der Waals surface area contributed by atoms with Gasteiger partial charge in [0.25, 0.3) is 0 Å². The zero-order valence-corrected chi connectivity index (χ0v) is 16.7. The summed E-state index contributed by atoms with van der Waals surface area (Å²) >= 11 is 0. The molecule has 2 aromatic rings. The Kier molecular flexibility index (Phi) is 7.67. The van der Waals surface area contributed by atoms with Gasteiger partial charge >= 0.3 is 0 Å². The summed E-state index contributed by atoms with van der Waals surface area (Å²) in [5, 5.41) is 7.03. The van der Waals surface area contributed by atoms with Crippen LogP contribution in [0.25, 0.3) is 0 Å². The quantitative estimate of drug-likeness (QED) is 0.418. The van der Waals surface area contributed by atoms with Gasteiger partial charge in [0, 0.05) is 44.8 Å². The summed E-state index contributed by atoms with van der Waals surface area (Å²) in [6.45, 7) is 10.4. The second kappa shape index (κ2) is 10.7. The Hall–Kier alpha value is -2.60. The van der Waals surface area contributed by atoms with Crippen molar-refractivity contribution in [2.75, 3.05) is 26.2 Å². The van der Waals surface area contributed by atoms with E-state index in [1.54, 1.807) is 6.26 Å². The molecule has 3 rings (SSSR count). The highest BCUT2D eigenvalue weighted by Crippen LogP contribution is 2.13. The van der Waals surface area contributed by atoms with Crippen LogP contribution in [0.5, 0.6) is 0 Å². The van der Waals surface area contributed by atoms with Gasteiger partial charge in [-0.1, -0.05) is 18.2 Å². The van der Waals surface area contributed by atoms with Gasteiger partial charge in [-0.05, 0) is 44.0 Å². The molecule has 1 saturated heterocycles. The number of piperidine rings is 1. The van der Waals surface area contributed by atoms with Crippen LogP contribution in [0, 0.1) is 0 Å². The van der Waals surface area contributed by atoms with Gasteiger partial charge < -0.3 is 15.1 Å². The molecule has 2 N–H and O–H groups in total. The smallest absolute Gasteiger partial charge is 0.191 e. The van der Waals surface area contributed by atoms with Crippen molar-refractivity contribution in [2.24, 2.45) is 4.99 Å². The molecule has 0 aliphatic carbocycles. The number of nitrogens with one attached hydrogen (secondary N) is 2. The number of aliphatic imine (C=N–C) groups is 1. The Labute approximate surface area is 167 Å². The molecule has 6 heteroatoms. The normalized spacial score (nSPS) is 16.1. The van der Waals surface area contributed by atoms with E-state index < -0.39 is 0 Å². The summed E-state index contributed by atoms with van der Waals surface area (Å²) < 4.78 is 5.40. The van der Waals surface area contributed by atoms with Gasteiger partial charge in [-0.2, -0.15) is 0 Å². The molecule has 150 valence electrons. The monoisotopic (exact) mass is 381 g/mol. The number of rotatable bonds is 8. The van der Waals surface area contributed by atoms with Crippen LogP contribution in [0.1, 0.15) is 31.2 Å². The van der Waals surface area contributed by atoms with Crippen LogP contribution >= 0.6 is 0 Å². The molecular weight excluding hydrogens is 350 g/mol. The van der Waals surface area contributed by atoms with Crippen molar-refractivity contribution in [1.82, 2.24) is 20.5 Å². The van der Waals surface area contributed by atoms with Crippen molar-refractivity contribution < 1.29 is 4.42 Å². The van der Waals surface area contributed by atoms with E-state index in [4.69, 9.17) is 4.42 Å². The van der Waals surface area contributed by atoms with Gasteiger partial charge in [0.1, 0.15) is 5.76 Å². The van der Waals surface area contributed by atoms with E-state index in [2.05, 4.69) is 44.2 Å². The van der Waals surface area contributed by atoms with Crippen molar-refractivity contribution in [2.45, 2.75) is 38.8 Å². The maximum Gasteiger partial charge on any atom is 0.191 e. The van der Waals surface area contributed by atoms with Gasteiger partial charge in [-0.3, -0.25) is 9.88 Å². The number of hydrogen-bond acceptors (Lipinski definition) is 4. The Morgan fingerprint density at radius 3 is 2.82 bits per heavy atom. The van der Waals surface area contributed by atoms with E-state index in [-0.39, 0.29) is 0 Å². The first-order valence-corrected chi connectivity index (χ1v) is 10.0. The van der Waals surface area contributed by atoms with Gasteiger partial charge in [0.15, 0.2) is 5.96 Å². The van der Waals surface area contributed by atoms with Crippen LogP contribution < -0.4 is 10.6 Å². The highest BCUT2D eigenvalue weighted by Gasteiger charge is 2.20. The summed E-state index contributed by atoms with van der Waals surface area (Å²) in [4.78, 5) is 11.6. The minimum Gasteiger partial charge on any atom is -0.469 e. The van der Waals surface area contributed by atoms with E-state index in [0.29, 0.717) is 12.6 Å². The minimum atomic E-state index is 0.431. The molecule has 0 aromatic carbocycles. The predicted octanol–water partition coefficient (Wildman–Crippen LogP) is 2.99. The first-order chi connectivity index (χ1) is 13.7. The first-order valence-electron chi connectivity index (χ1n) is 10.0. The van der Waals surface area contributed by atoms with Crippen LogP contribution in [0.3, 0.4) is 0 Å². The molecule has 6 nitrogen and oxygen atoms in total. The van der Waals surface area contributed by atoms with Crippen molar-refractivity contribution in [3.63, 3.8) is 0 Å². The van der Waals surface area contributed by atoms with E-state index in [1.807, 2.05) is 31.3 Å². The third kappa shape index (κ3) is 6.85. The molecule has 0 saturated carbocycles. The Bertz CT molecular complexity index is 734. The fraction of sp³-hybridized carbons (Fsp3) is 0.455. The third-order valence-electron chi connectivity index (χ3n) is 4.79. The molecule has 1 fully saturated rings. The largest absolute Gasteiger partial charge is 0.469 e. The number of guanidine groups is 1. The van der Waals surface area contributed by atoms with Crippen LogP contribution in [-0.2, 0) is 13.0 Å². The number of hydrogen-bond donors (Lipinski definition) is 2. The predicted molar refractivity (Wildman–Crippen MR) is 113 cm³/mol. The maximum absolute atomic E-state index is 5.40. The Balaban J connectivity index is 1.45. The lowest BCUT2D eigenvalue weighted by molar-refractivity contribution is 0.196. The zero-order valence-electron chi connectivity index (χ0n) is 16.7. The lowest BCUT2D eigenvalue weighted by Gasteiger charge is -2.33. The molecule has 0 amide bonds. The van der Waals surface area contributed by atoms with Gasteiger partial charge in [-0.15, -0.1) is 0 Å². The average molecular weight is 382 g/mol. The van der Waals surface area contributed by atoms with Crippen molar-refractivity contribution in [3.8, 4) is 0 Å². The second-order valence-electron chi connectivity index (χ2n) is 7.39. The number of likely N-dealkylation sites (tertiary alicyclic amines) is 1. The van der Waals surface area contributed by atoms with E-state index >= 15 is 0 Å². The summed E-state index contributed by atoms with van der Waals surface area (Å²) in [7, 11) is 0. The highest BCUT2D eigenvalue weighted by atomic mass is 16.3. The maximum atomic E-state index is 5.40. The molecule has 0 atom stereocenters. The van der Waals surface area contributed by atoms with Crippen LogP contribution in [0.15, 0.2) is 64.4 Å². The number of nitrogens with zero attached hydrogens (tertiary/aromatic N) is 3. The number of pyridine rings is 1. The van der Waals surface area contributed by atoms with Gasteiger partial charge in [0.05, 0.1) is 18.5 Å². The van der Waals surface area contributed by atoms with Gasteiger partial charge in [-0.25, -0.2) is 4.99 Å². The Morgan fingerprint density at radius 1 is 1.29 bits per heavy atom. The van der Waals surface area contributed by atoms with E-state index in [1.165, 1.54) is 0 Å². The summed E-state index contributed by atoms with van der Waals surface area (Å²) in [5.41, 5.74) is 2.19. The summed E-state index contributed by atoms with van der Waals surface area (Å²) in [6.07, 6.45) is 6.60. The fourth-order valence-corrected chi connectivity index (χ4v) is 3.28. The van der Waals surface area contributed by atoms with Crippen LogP contribution in [0.4, 0.5) is 0 Å². The van der Waals surface area contributed by atoms with Crippen molar-refractivity contribution in [3.05, 3.63) is 66.4 Å². The average Bonchev–Trinajstić information content (AvgIpc) is 3.22. The topological polar surface area (TPSA) is 65.7 Å². The van der Waals surface area contributed by atoms with Crippen LogP contribution in [0.2, 0.25) is 0 Å². The van der Waals surface area contributed by atoms with E-state index in [9.17, 15) is 0 Å². The lowest BCUT2D eigenvalue weighted by Crippen LogP contribution is -2.49. The van der Waals surface area contributed by atoms with Crippen molar-refractivity contribution >= 4 is 5.96 Å². The zero-order chi connectivity index (χ0) is 19.6. The van der Waals surface area contributed by atoms with Crippen molar-refractivity contribution in [1.29, 1.82) is 0 Å². The molecule has 2 aromatic heterocycles. The second-order valence-corrected chi connectivity index (χ2v) is 7.39. The molecular formula is C22H31N5O. The lowest BCUT2D eigenvalue weighted by atomic mass is 10.0. The Morgan fingerprint density at radius 2 is 2.14 bits per heavy atom. The fourth-order valence-electron chi connectivity index (χ4n) is 3.28. The SMILES string of the molecule is C=C(C)CN=C(NCCc1ccco1)NC1CCN(Cc2ccccn2)CC1. The summed E-state index contributed by atoms with van der Waals surface area (Å²) in [6, 6.07) is 10.5. The highest BCUT2D eigenvalue weighted by molar-refractivity contribution is 5.80.